The molecule has 2 rings (SSSR count). The predicted molar refractivity (Wildman–Crippen MR) is 138 cm³/mol. The highest BCUT2D eigenvalue weighted by molar-refractivity contribution is 5.90. The number of ether oxygens (including phenoxy) is 2. The van der Waals surface area contributed by atoms with Crippen LogP contribution in [0.25, 0.3) is 0 Å². The van der Waals surface area contributed by atoms with Crippen LogP contribution in [0.1, 0.15) is 85.9 Å². The lowest BCUT2D eigenvalue weighted by molar-refractivity contribution is 0.0364. The molecule has 0 saturated heterocycles. The molecule has 0 amide bonds. The predicted octanol–water partition coefficient (Wildman–Crippen LogP) is 7.71. The van der Waals surface area contributed by atoms with E-state index >= 15 is 0 Å². The zero-order valence-electron chi connectivity index (χ0n) is 20.5. The molecule has 0 spiro atoms. The summed E-state index contributed by atoms with van der Waals surface area (Å²) in [5, 5.41) is 0. The number of benzene rings is 2. The number of hydrogen-bond donors (Lipinski definition) is 0. The van der Waals surface area contributed by atoms with E-state index in [0.717, 1.165) is 51.4 Å². The maximum Gasteiger partial charge on any atom is 0.338 e. The van der Waals surface area contributed by atoms with Gasteiger partial charge in [0.15, 0.2) is 0 Å². The second-order valence-corrected chi connectivity index (χ2v) is 8.38. The Morgan fingerprint density at radius 3 is 1.38 bits per heavy atom. The summed E-state index contributed by atoms with van der Waals surface area (Å²) in [4.78, 5) is 25.0. The fourth-order valence-corrected chi connectivity index (χ4v) is 3.52. The molecule has 4 heteroatoms. The van der Waals surface area contributed by atoms with Gasteiger partial charge in [0.2, 0.25) is 0 Å². The lowest BCUT2D eigenvalue weighted by atomic mass is 10.1. The van der Waals surface area contributed by atoms with Gasteiger partial charge in [-0.2, -0.15) is 0 Å². The summed E-state index contributed by atoms with van der Waals surface area (Å²) < 4.78 is 11.5. The van der Waals surface area contributed by atoms with E-state index in [4.69, 9.17) is 9.47 Å². The topological polar surface area (TPSA) is 52.6 Å². The van der Waals surface area contributed by atoms with Crippen LogP contribution in [0.15, 0.2) is 85.0 Å². The van der Waals surface area contributed by atoms with Crippen LogP contribution in [-0.2, 0) is 9.47 Å². The van der Waals surface area contributed by atoms with Crippen LogP contribution in [0.3, 0.4) is 0 Å². The molecular weight excluding hydrogens is 424 g/mol. The van der Waals surface area contributed by atoms with Crippen molar-refractivity contribution in [2.75, 3.05) is 0 Å². The van der Waals surface area contributed by atoms with Crippen LogP contribution >= 0.6 is 0 Å². The molecule has 0 aliphatic carbocycles. The number of carbonyl (C=O) groups excluding carboxylic acids is 2. The van der Waals surface area contributed by atoms with E-state index in [-0.39, 0.29) is 24.1 Å². The van der Waals surface area contributed by atoms with Crippen molar-refractivity contribution in [2.45, 2.75) is 77.4 Å². The summed E-state index contributed by atoms with van der Waals surface area (Å²) in [6.45, 7) is 4.30. The van der Waals surface area contributed by atoms with E-state index in [2.05, 4.69) is 13.8 Å². The van der Waals surface area contributed by atoms with Crippen molar-refractivity contribution in [2.24, 2.45) is 0 Å². The zero-order chi connectivity index (χ0) is 24.4. The molecule has 0 aliphatic heterocycles. The summed E-state index contributed by atoms with van der Waals surface area (Å²) in [6.07, 6.45) is 14.9. The molecule has 0 saturated carbocycles. The van der Waals surface area contributed by atoms with Gasteiger partial charge in [-0.25, -0.2) is 9.59 Å². The van der Waals surface area contributed by atoms with Crippen LogP contribution in [-0.4, -0.2) is 24.1 Å². The first-order valence-electron chi connectivity index (χ1n) is 12.5. The molecule has 0 bridgehead atoms. The van der Waals surface area contributed by atoms with Gasteiger partial charge in [-0.05, 0) is 62.1 Å². The molecule has 0 aliphatic rings. The minimum atomic E-state index is -0.315. The SMILES string of the molecule is CCCCC[C@H](/C=C/C=C/[C@@H](CCCCC)OC(=O)c1ccccc1)OC(=O)c1ccccc1. The Balaban J connectivity index is 2.01. The van der Waals surface area contributed by atoms with Crippen molar-refractivity contribution in [3.05, 3.63) is 96.1 Å². The van der Waals surface area contributed by atoms with E-state index in [1.54, 1.807) is 24.3 Å². The minimum absolute atomic E-state index is 0.297. The molecular formula is C30H38O4. The third-order valence-electron chi connectivity index (χ3n) is 5.48. The number of hydrogen-bond acceptors (Lipinski definition) is 4. The smallest absolute Gasteiger partial charge is 0.338 e. The maximum atomic E-state index is 12.5. The highest BCUT2D eigenvalue weighted by atomic mass is 16.5. The Bertz CT molecular complexity index is 811. The molecule has 2 aromatic carbocycles. The third kappa shape index (κ3) is 10.7. The molecule has 0 heterocycles. The Hall–Kier alpha value is -3.14. The van der Waals surface area contributed by atoms with E-state index in [9.17, 15) is 9.59 Å². The number of carbonyl (C=O) groups is 2. The Morgan fingerprint density at radius 2 is 1.03 bits per heavy atom. The van der Waals surface area contributed by atoms with Gasteiger partial charge in [-0.1, -0.05) is 88.1 Å². The monoisotopic (exact) mass is 462 g/mol. The molecule has 0 radical (unpaired) electrons. The van der Waals surface area contributed by atoms with Crippen molar-refractivity contribution in [3.63, 3.8) is 0 Å². The normalized spacial score (nSPS) is 13.1. The maximum absolute atomic E-state index is 12.5. The van der Waals surface area contributed by atoms with Crippen molar-refractivity contribution in [1.82, 2.24) is 0 Å². The first-order chi connectivity index (χ1) is 16.6. The van der Waals surface area contributed by atoms with Crippen LogP contribution in [0.5, 0.6) is 0 Å². The molecule has 34 heavy (non-hydrogen) atoms. The second-order valence-electron chi connectivity index (χ2n) is 8.38. The van der Waals surface area contributed by atoms with E-state index in [1.165, 1.54) is 0 Å². The van der Waals surface area contributed by atoms with E-state index < -0.39 is 0 Å². The first-order valence-corrected chi connectivity index (χ1v) is 12.5. The minimum Gasteiger partial charge on any atom is -0.455 e. The van der Waals surface area contributed by atoms with E-state index in [0.29, 0.717) is 11.1 Å². The molecule has 2 atom stereocenters. The Labute approximate surface area is 204 Å². The standard InChI is InChI=1S/C30H38O4/c1-3-5-9-21-27(33-29(31)25-17-11-7-12-18-25)23-15-16-24-28(22-10-6-4-2)34-30(32)26-19-13-8-14-20-26/h7-8,11-20,23-24,27-28H,3-6,9-10,21-22H2,1-2H3/b23-15+,24-16+/t27-,28-/m1/s1. The molecule has 0 N–H and O–H groups in total. The number of rotatable bonds is 15. The summed E-state index contributed by atoms with van der Waals surface area (Å²) in [5.74, 6) is -0.630. The fraction of sp³-hybridized carbons (Fsp3) is 0.400. The highest BCUT2D eigenvalue weighted by Crippen LogP contribution is 2.14. The summed E-state index contributed by atoms with van der Waals surface area (Å²) in [6, 6.07) is 18.1. The molecule has 0 unspecified atom stereocenters. The first kappa shape index (κ1) is 27.1. The largest absolute Gasteiger partial charge is 0.455 e. The average Bonchev–Trinajstić information content (AvgIpc) is 2.87. The van der Waals surface area contributed by atoms with Crippen molar-refractivity contribution >= 4 is 11.9 Å². The highest BCUT2D eigenvalue weighted by Gasteiger charge is 2.14. The van der Waals surface area contributed by atoms with Gasteiger partial charge in [0.25, 0.3) is 0 Å². The number of unbranched alkanes of at least 4 members (excludes halogenated alkanes) is 4. The average molecular weight is 463 g/mol. The third-order valence-corrected chi connectivity index (χ3v) is 5.48. The molecule has 4 nitrogen and oxygen atoms in total. The summed E-state index contributed by atoms with van der Waals surface area (Å²) in [5.41, 5.74) is 1.10. The van der Waals surface area contributed by atoms with Crippen LogP contribution < -0.4 is 0 Å². The number of allylic oxidation sites excluding steroid dienone is 2. The Kier molecular flexibility index (Phi) is 13.1. The van der Waals surface area contributed by atoms with Gasteiger partial charge in [0.1, 0.15) is 12.2 Å². The van der Waals surface area contributed by atoms with Gasteiger partial charge >= 0.3 is 11.9 Å². The molecule has 0 fully saturated rings. The van der Waals surface area contributed by atoms with Gasteiger partial charge in [0.05, 0.1) is 11.1 Å². The second kappa shape index (κ2) is 16.5. The van der Waals surface area contributed by atoms with Gasteiger partial charge in [-0.15, -0.1) is 0 Å². The Morgan fingerprint density at radius 1 is 0.647 bits per heavy atom. The van der Waals surface area contributed by atoms with E-state index in [1.807, 2.05) is 60.7 Å². The molecule has 2 aromatic rings. The van der Waals surface area contributed by atoms with Gasteiger partial charge in [-0.3, -0.25) is 0 Å². The van der Waals surface area contributed by atoms with Gasteiger partial charge < -0.3 is 9.47 Å². The van der Waals surface area contributed by atoms with Crippen molar-refractivity contribution in [1.29, 1.82) is 0 Å². The lowest BCUT2D eigenvalue weighted by Gasteiger charge is -2.15. The summed E-state index contributed by atoms with van der Waals surface area (Å²) >= 11 is 0. The summed E-state index contributed by atoms with van der Waals surface area (Å²) in [7, 11) is 0. The van der Waals surface area contributed by atoms with Crippen molar-refractivity contribution in [3.8, 4) is 0 Å². The quantitative estimate of drug-likeness (QED) is 0.154. The number of esters is 2. The lowest BCUT2D eigenvalue weighted by Crippen LogP contribution is -2.17. The molecule has 182 valence electrons. The van der Waals surface area contributed by atoms with Crippen LogP contribution in [0.2, 0.25) is 0 Å². The van der Waals surface area contributed by atoms with Gasteiger partial charge in [0, 0.05) is 0 Å². The van der Waals surface area contributed by atoms with Crippen LogP contribution in [0, 0.1) is 0 Å². The van der Waals surface area contributed by atoms with Crippen LogP contribution in [0.4, 0.5) is 0 Å². The zero-order valence-corrected chi connectivity index (χ0v) is 20.5. The molecule has 0 aromatic heterocycles. The fourth-order valence-electron chi connectivity index (χ4n) is 3.52. The van der Waals surface area contributed by atoms with Crippen molar-refractivity contribution < 1.29 is 19.1 Å².